The Balaban J connectivity index is 1.87. The number of benzene rings is 2. The molecular weight excluding hydrogens is 372 g/mol. The van der Waals surface area contributed by atoms with Crippen LogP contribution in [0.1, 0.15) is 11.1 Å². The summed E-state index contributed by atoms with van der Waals surface area (Å²) in [5.74, 6) is -1.38. The maximum Gasteiger partial charge on any atom is 0.420 e. The number of hydrogen-bond donors (Lipinski definition) is 1. The molecule has 0 amide bonds. The van der Waals surface area contributed by atoms with Crippen LogP contribution in [0.25, 0.3) is 11.1 Å². The van der Waals surface area contributed by atoms with Gasteiger partial charge in [0.25, 0.3) is 0 Å². The van der Waals surface area contributed by atoms with Crippen LogP contribution in [0.15, 0.2) is 56.6 Å². The highest BCUT2D eigenvalue weighted by molar-refractivity contribution is 7.89. The standard InChI is InChI=1S/C18H18N2O6S/c1-12-4-3-5-13(8-12)10-19-27(23,24)14-6-7-15-16(9-14)26-18(22)20(15)11-17(21)25-2/h3-9,19H,10-11H2,1-2H3. The Kier molecular flexibility index (Phi) is 5.15. The fourth-order valence-corrected chi connectivity index (χ4v) is 3.67. The predicted molar refractivity (Wildman–Crippen MR) is 97.7 cm³/mol. The molecule has 0 fully saturated rings. The van der Waals surface area contributed by atoms with E-state index in [1.54, 1.807) is 0 Å². The Morgan fingerprint density at radius 1 is 1.22 bits per heavy atom. The number of methoxy groups -OCH3 is 1. The number of ether oxygens (including phenoxy) is 1. The third-order valence-electron chi connectivity index (χ3n) is 4.01. The first-order valence-electron chi connectivity index (χ1n) is 8.05. The van der Waals surface area contributed by atoms with Crippen molar-refractivity contribution in [3.8, 4) is 0 Å². The van der Waals surface area contributed by atoms with Crippen LogP contribution in [0.2, 0.25) is 0 Å². The van der Waals surface area contributed by atoms with Crippen molar-refractivity contribution in [2.24, 2.45) is 0 Å². The highest BCUT2D eigenvalue weighted by Crippen LogP contribution is 2.19. The summed E-state index contributed by atoms with van der Waals surface area (Å²) in [5, 5.41) is 0. The number of carbonyl (C=O) groups excluding carboxylic acids is 1. The molecular formula is C18H18N2O6S. The average molecular weight is 390 g/mol. The van der Waals surface area contributed by atoms with Crippen molar-refractivity contribution in [1.29, 1.82) is 0 Å². The molecule has 9 heteroatoms. The SMILES string of the molecule is COC(=O)Cn1c(=O)oc2cc(S(=O)(=O)NCc3cccc(C)c3)ccc21. The van der Waals surface area contributed by atoms with Gasteiger partial charge in [-0.3, -0.25) is 9.36 Å². The van der Waals surface area contributed by atoms with E-state index in [1.807, 2.05) is 31.2 Å². The highest BCUT2D eigenvalue weighted by atomic mass is 32.2. The van der Waals surface area contributed by atoms with Crippen molar-refractivity contribution in [3.63, 3.8) is 0 Å². The van der Waals surface area contributed by atoms with E-state index in [1.165, 1.54) is 25.3 Å². The van der Waals surface area contributed by atoms with E-state index in [-0.39, 0.29) is 23.6 Å². The molecule has 27 heavy (non-hydrogen) atoms. The van der Waals surface area contributed by atoms with E-state index in [2.05, 4.69) is 9.46 Å². The first-order chi connectivity index (χ1) is 12.8. The van der Waals surface area contributed by atoms with Crippen LogP contribution >= 0.6 is 0 Å². The van der Waals surface area contributed by atoms with Crippen LogP contribution in [0.3, 0.4) is 0 Å². The summed E-state index contributed by atoms with van der Waals surface area (Å²) in [5.41, 5.74) is 2.24. The second-order valence-corrected chi connectivity index (χ2v) is 7.74. The molecule has 8 nitrogen and oxygen atoms in total. The predicted octanol–water partition coefficient (Wildman–Crippen LogP) is 1.55. The van der Waals surface area contributed by atoms with Crippen LogP contribution in [0, 0.1) is 6.92 Å². The van der Waals surface area contributed by atoms with Gasteiger partial charge in [0.05, 0.1) is 17.5 Å². The van der Waals surface area contributed by atoms with E-state index in [0.29, 0.717) is 5.52 Å². The lowest BCUT2D eigenvalue weighted by Gasteiger charge is -2.08. The zero-order valence-electron chi connectivity index (χ0n) is 14.8. The molecule has 0 spiro atoms. The maximum absolute atomic E-state index is 12.5. The number of sulfonamides is 1. The topological polar surface area (TPSA) is 108 Å². The molecule has 1 N–H and O–H groups in total. The Hall–Kier alpha value is -2.91. The first kappa shape index (κ1) is 18.9. The molecule has 0 radical (unpaired) electrons. The van der Waals surface area contributed by atoms with Crippen molar-refractivity contribution < 1.29 is 22.4 Å². The molecule has 3 rings (SSSR count). The second-order valence-electron chi connectivity index (χ2n) is 5.97. The van der Waals surface area contributed by atoms with Gasteiger partial charge in [0.1, 0.15) is 6.54 Å². The van der Waals surface area contributed by atoms with Crippen molar-refractivity contribution in [1.82, 2.24) is 9.29 Å². The van der Waals surface area contributed by atoms with Gasteiger partial charge in [0, 0.05) is 12.6 Å². The van der Waals surface area contributed by atoms with Gasteiger partial charge >= 0.3 is 11.7 Å². The zero-order chi connectivity index (χ0) is 19.6. The monoisotopic (exact) mass is 390 g/mol. The van der Waals surface area contributed by atoms with Crippen LogP contribution in [0.5, 0.6) is 0 Å². The number of aryl methyl sites for hydroxylation is 1. The lowest BCUT2D eigenvalue weighted by atomic mass is 10.1. The third kappa shape index (κ3) is 4.09. The average Bonchev–Trinajstić information content (AvgIpc) is 2.94. The quantitative estimate of drug-likeness (QED) is 0.640. The first-order valence-corrected chi connectivity index (χ1v) is 9.54. The summed E-state index contributed by atoms with van der Waals surface area (Å²) in [6.07, 6.45) is 0. The molecule has 0 atom stereocenters. The number of esters is 1. The van der Waals surface area contributed by atoms with Crippen LogP contribution in [-0.4, -0.2) is 26.1 Å². The minimum Gasteiger partial charge on any atom is -0.468 e. The second kappa shape index (κ2) is 7.37. The number of rotatable bonds is 6. The summed E-state index contributed by atoms with van der Waals surface area (Å²) < 4.78 is 38.3. The van der Waals surface area contributed by atoms with E-state index in [0.717, 1.165) is 15.7 Å². The Bertz CT molecular complexity index is 1160. The van der Waals surface area contributed by atoms with Gasteiger partial charge in [-0.1, -0.05) is 29.8 Å². The summed E-state index contributed by atoms with van der Waals surface area (Å²) >= 11 is 0. The number of nitrogens with zero attached hydrogens (tertiary/aromatic N) is 1. The van der Waals surface area contributed by atoms with Crippen molar-refractivity contribution in [2.75, 3.05) is 7.11 Å². The fraction of sp³-hybridized carbons (Fsp3) is 0.222. The minimum absolute atomic E-state index is 0.0402. The molecule has 0 aliphatic rings. The highest BCUT2D eigenvalue weighted by Gasteiger charge is 2.18. The summed E-state index contributed by atoms with van der Waals surface area (Å²) in [7, 11) is -2.60. The van der Waals surface area contributed by atoms with Gasteiger partial charge in [0.15, 0.2) is 5.58 Å². The number of nitrogens with one attached hydrogen (secondary N) is 1. The molecule has 0 saturated heterocycles. The maximum atomic E-state index is 12.5. The Morgan fingerprint density at radius 2 is 2.00 bits per heavy atom. The van der Waals surface area contributed by atoms with Gasteiger partial charge in [0.2, 0.25) is 10.0 Å². The number of aromatic nitrogens is 1. The molecule has 1 heterocycles. The van der Waals surface area contributed by atoms with Gasteiger partial charge in [-0.15, -0.1) is 0 Å². The molecule has 3 aromatic rings. The van der Waals surface area contributed by atoms with Gasteiger partial charge < -0.3 is 9.15 Å². The molecule has 0 saturated carbocycles. The number of fused-ring (bicyclic) bond motifs is 1. The lowest BCUT2D eigenvalue weighted by Crippen LogP contribution is -2.23. The summed E-state index contributed by atoms with van der Waals surface area (Å²) in [4.78, 5) is 23.3. The molecule has 0 unspecified atom stereocenters. The van der Waals surface area contributed by atoms with Gasteiger partial charge in [-0.05, 0) is 24.6 Å². The van der Waals surface area contributed by atoms with Crippen molar-refractivity contribution in [2.45, 2.75) is 24.9 Å². The molecule has 0 aliphatic carbocycles. The van der Waals surface area contributed by atoms with Crippen LogP contribution in [-0.2, 0) is 32.6 Å². The smallest absolute Gasteiger partial charge is 0.420 e. The number of carbonyl (C=O) groups is 1. The minimum atomic E-state index is -3.81. The Morgan fingerprint density at radius 3 is 2.70 bits per heavy atom. The van der Waals surface area contributed by atoms with E-state index >= 15 is 0 Å². The zero-order valence-corrected chi connectivity index (χ0v) is 15.6. The lowest BCUT2D eigenvalue weighted by molar-refractivity contribution is -0.141. The fourth-order valence-electron chi connectivity index (χ4n) is 2.64. The van der Waals surface area contributed by atoms with Crippen LogP contribution < -0.4 is 10.5 Å². The van der Waals surface area contributed by atoms with Crippen molar-refractivity contribution in [3.05, 3.63) is 64.1 Å². The van der Waals surface area contributed by atoms with Crippen molar-refractivity contribution >= 4 is 27.1 Å². The summed E-state index contributed by atoms with van der Waals surface area (Å²) in [6, 6.07) is 11.5. The van der Waals surface area contributed by atoms with E-state index in [9.17, 15) is 18.0 Å². The number of oxazole rings is 1. The molecule has 2 aromatic carbocycles. The molecule has 0 bridgehead atoms. The van der Waals surface area contributed by atoms with Crippen LogP contribution in [0.4, 0.5) is 0 Å². The van der Waals surface area contributed by atoms with Gasteiger partial charge in [-0.2, -0.15) is 0 Å². The largest absolute Gasteiger partial charge is 0.468 e. The Labute approximate surface area is 155 Å². The normalized spacial score (nSPS) is 11.6. The van der Waals surface area contributed by atoms with E-state index in [4.69, 9.17) is 4.42 Å². The van der Waals surface area contributed by atoms with E-state index < -0.39 is 21.7 Å². The van der Waals surface area contributed by atoms with Gasteiger partial charge in [-0.25, -0.2) is 17.9 Å². The summed E-state index contributed by atoms with van der Waals surface area (Å²) in [6.45, 7) is 1.74. The molecule has 1 aromatic heterocycles. The third-order valence-corrected chi connectivity index (χ3v) is 5.41. The molecule has 0 aliphatic heterocycles. The molecule has 142 valence electrons. The number of hydrogen-bond acceptors (Lipinski definition) is 6.